The SMILES string of the molecule is CN1CCCN(S(=O)(=O)c2ccnc(Cl)c2)CC1=O. The maximum Gasteiger partial charge on any atom is 0.243 e. The van der Waals surface area contributed by atoms with Crippen LogP contribution in [0.5, 0.6) is 0 Å². The number of hydrogen-bond acceptors (Lipinski definition) is 4. The molecule has 0 aliphatic carbocycles. The normalized spacial score (nSPS) is 18.4. The lowest BCUT2D eigenvalue weighted by atomic mass is 10.4. The van der Waals surface area contributed by atoms with Gasteiger partial charge in [-0.05, 0) is 18.6 Å². The van der Waals surface area contributed by atoms with Gasteiger partial charge < -0.3 is 4.90 Å². The molecule has 0 radical (unpaired) electrons. The summed E-state index contributed by atoms with van der Waals surface area (Å²) in [4.78, 5) is 17.1. The Labute approximate surface area is 117 Å². The Morgan fingerprint density at radius 1 is 1.37 bits per heavy atom. The molecule has 0 atom stereocenters. The number of likely N-dealkylation sites (N-methyl/N-ethyl adjacent to an activating group) is 1. The van der Waals surface area contributed by atoms with E-state index in [4.69, 9.17) is 11.6 Å². The first kappa shape index (κ1) is 14.2. The summed E-state index contributed by atoms with van der Waals surface area (Å²) in [6.45, 7) is 0.735. The average molecular weight is 304 g/mol. The van der Waals surface area contributed by atoms with E-state index < -0.39 is 10.0 Å². The van der Waals surface area contributed by atoms with Crippen LogP contribution in [0, 0.1) is 0 Å². The zero-order chi connectivity index (χ0) is 14.0. The summed E-state index contributed by atoms with van der Waals surface area (Å²) in [5, 5.41) is 0.111. The topological polar surface area (TPSA) is 70.6 Å². The number of sulfonamides is 1. The van der Waals surface area contributed by atoms with E-state index in [1.807, 2.05) is 0 Å². The zero-order valence-corrected chi connectivity index (χ0v) is 12.0. The van der Waals surface area contributed by atoms with Crippen molar-refractivity contribution >= 4 is 27.5 Å². The molecule has 1 aromatic heterocycles. The molecule has 1 aliphatic heterocycles. The van der Waals surface area contributed by atoms with Gasteiger partial charge in [-0.1, -0.05) is 11.6 Å². The predicted molar refractivity (Wildman–Crippen MR) is 70.3 cm³/mol. The summed E-state index contributed by atoms with van der Waals surface area (Å²) in [7, 11) is -2.03. The van der Waals surface area contributed by atoms with Gasteiger partial charge in [-0.15, -0.1) is 0 Å². The van der Waals surface area contributed by atoms with Crippen molar-refractivity contribution in [1.29, 1.82) is 0 Å². The van der Waals surface area contributed by atoms with Crippen LogP contribution in [-0.4, -0.2) is 55.2 Å². The fourth-order valence-corrected chi connectivity index (χ4v) is 3.54. The monoisotopic (exact) mass is 303 g/mol. The molecular formula is C11H14ClN3O3S. The molecule has 104 valence electrons. The van der Waals surface area contributed by atoms with Crippen molar-refractivity contribution in [3.05, 3.63) is 23.5 Å². The number of aromatic nitrogens is 1. The molecule has 1 fully saturated rings. The van der Waals surface area contributed by atoms with Gasteiger partial charge in [0.2, 0.25) is 15.9 Å². The summed E-state index contributed by atoms with van der Waals surface area (Å²) in [6.07, 6.45) is 1.95. The number of rotatable bonds is 2. The minimum absolute atomic E-state index is 0.0600. The Balaban J connectivity index is 2.31. The fourth-order valence-electron chi connectivity index (χ4n) is 1.86. The Kier molecular flexibility index (Phi) is 4.07. The Bertz CT molecular complexity index is 591. The van der Waals surface area contributed by atoms with Gasteiger partial charge in [-0.3, -0.25) is 4.79 Å². The zero-order valence-electron chi connectivity index (χ0n) is 10.4. The molecule has 8 heteroatoms. The second-order valence-electron chi connectivity index (χ2n) is 4.32. The largest absolute Gasteiger partial charge is 0.345 e. The van der Waals surface area contributed by atoms with Crippen LogP contribution >= 0.6 is 11.6 Å². The van der Waals surface area contributed by atoms with E-state index >= 15 is 0 Å². The highest BCUT2D eigenvalue weighted by molar-refractivity contribution is 7.89. The number of nitrogens with zero attached hydrogens (tertiary/aromatic N) is 3. The Hall–Kier alpha value is -1.18. The van der Waals surface area contributed by atoms with Crippen molar-refractivity contribution in [3.8, 4) is 0 Å². The van der Waals surface area contributed by atoms with E-state index in [1.54, 1.807) is 7.05 Å². The van der Waals surface area contributed by atoms with Gasteiger partial charge in [0.15, 0.2) is 0 Å². The van der Waals surface area contributed by atoms with Crippen LogP contribution in [-0.2, 0) is 14.8 Å². The number of carbonyl (C=O) groups excluding carboxylic acids is 1. The third-order valence-electron chi connectivity index (χ3n) is 2.97. The smallest absolute Gasteiger partial charge is 0.243 e. The molecule has 1 amide bonds. The molecule has 1 aromatic rings. The molecule has 0 spiro atoms. The number of amides is 1. The summed E-state index contributed by atoms with van der Waals surface area (Å²) in [5.41, 5.74) is 0. The average Bonchev–Trinajstić information content (AvgIpc) is 2.52. The number of carbonyl (C=O) groups is 1. The first-order chi connectivity index (χ1) is 8.91. The maximum absolute atomic E-state index is 12.4. The molecule has 0 unspecified atom stereocenters. The molecule has 0 aromatic carbocycles. The number of halogens is 1. The van der Waals surface area contributed by atoms with E-state index in [0.717, 1.165) is 0 Å². The highest BCUT2D eigenvalue weighted by Gasteiger charge is 2.29. The minimum atomic E-state index is -3.70. The van der Waals surface area contributed by atoms with Crippen molar-refractivity contribution in [2.75, 3.05) is 26.7 Å². The van der Waals surface area contributed by atoms with Crippen LogP contribution < -0.4 is 0 Å². The molecule has 2 heterocycles. The lowest BCUT2D eigenvalue weighted by Gasteiger charge is -2.19. The molecule has 0 saturated carbocycles. The molecule has 6 nitrogen and oxygen atoms in total. The molecule has 19 heavy (non-hydrogen) atoms. The summed E-state index contributed by atoms with van der Waals surface area (Å²) >= 11 is 5.70. The molecule has 1 aliphatic rings. The van der Waals surface area contributed by atoms with Crippen LogP contribution in [0.1, 0.15) is 6.42 Å². The third kappa shape index (κ3) is 3.05. The van der Waals surface area contributed by atoms with Crippen molar-refractivity contribution < 1.29 is 13.2 Å². The van der Waals surface area contributed by atoms with Crippen LogP contribution in [0.2, 0.25) is 5.15 Å². The molecule has 1 saturated heterocycles. The van der Waals surface area contributed by atoms with E-state index in [1.165, 1.54) is 27.5 Å². The second-order valence-corrected chi connectivity index (χ2v) is 6.65. The lowest BCUT2D eigenvalue weighted by Crippen LogP contribution is -2.38. The van der Waals surface area contributed by atoms with Gasteiger partial charge >= 0.3 is 0 Å². The van der Waals surface area contributed by atoms with E-state index in [2.05, 4.69) is 4.98 Å². The fraction of sp³-hybridized carbons (Fsp3) is 0.455. The first-order valence-electron chi connectivity index (χ1n) is 5.77. The lowest BCUT2D eigenvalue weighted by molar-refractivity contribution is -0.129. The highest BCUT2D eigenvalue weighted by atomic mass is 35.5. The predicted octanol–water partition coefficient (Wildman–Crippen LogP) is 0.588. The van der Waals surface area contributed by atoms with Gasteiger partial charge in [0.1, 0.15) is 5.15 Å². The number of hydrogen-bond donors (Lipinski definition) is 0. The van der Waals surface area contributed by atoms with E-state index in [-0.39, 0.29) is 22.5 Å². The van der Waals surface area contributed by atoms with E-state index in [0.29, 0.717) is 19.5 Å². The number of pyridine rings is 1. The van der Waals surface area contributed by atoms with Crippen molar-refractivity contribution in [2.45, 2.75) is 11.3 Å². The second kappa shape index (κ2) is 5.44. The van der Waals surface area contributed by atoms with Crippen molar-refractivity contribution in [3.63, 3.8) is 0 Å². The molecule has 0 bridgehead atoms. The van der Waals surface area contributed by atoms with Gasteiger partial charge in [0.05, 0.1) is 11.4 Å². The molecular weight excluding hydrogens is 290 g/mol. The summed E-state index contributed by atoms with van der Waals surface area (Å²) in [5.74, 6) is -0.207. The summed E-state index contributed by atoms with van der Waals surface area (Å²) in [6, 6.07) is 2.66. The van der Waals surface area contributed by atoms with Crippen LogP contribution in [0.3, 0.4) is 0 Å². The van der Waals surface area contributed by atoms with Crippen LogP contribution in [0.25, 0.3) is 0 Å². The quantitative estimate of drug-likeness (QED) is 0.750. The van der Waals surface area contributed by atoms with Gasteiger partial charge in [-0.2, -0.15) is 4.31 Å². The van der Waals surface area contributed by atoms with Gasteiger partial charge in [-0.25, -0.2) is 13.4 Å². The Morgan fingerprint density at radius 3 is 2.79 bits per heavy atom. The van der Waals surface area contributed by atoms with Crippen molar-refractivity contribution in [2.24, 2.45) is 0 Å². The van der Waals surface area contributed by atoms with E-state index in [9.17, 15) is 13.2 Å². The minimum Gasteiger partial charge on any atom is -0.345 e. The molecule has 2 rings (SSSR count). The Morgan fingerprint density at radius 2 is 2.11 bits per heavy atom. The summed E-state index contributed by atoms with van der Waals surface area (Å²) < 4.78 is 26.0. The first-order valence-corrected chi connectivity index (χ1v) is 7.59. The maximum atomic E-state index is 12.4. The van der Waals surface area contributed by atoms with Gasteiger partial charge in [0.25, 0.3) is 0 Å². The standard InChI is InChI=1S/C11H14ClN3O3S/c1-14-5-2-6-15(8-11(14)16)19(17,18)9-3-4-13-10(12)7-9/h3-4,7H,2,5-6,8H2,1H3. The van der Waals surface area contributed by atoms with Crippen LogP contribution in [0.4, 0.5) is 0 Å². The third-order valence-corrected chi connectivity index (χ3v) is 5.02. The molecule has 0 N–H and O–H groups in total. The van der Waals surface area contributed by atoms with Crippen molar-refractivity contribution in [1.82, 2.24) is 14.2 Å². The van der Waals surface area contributed by atoms with Gasteiger partial charge in [0, 0.05) is 26.3 Å². The highest BCUT2D eigenvalue weighted by Crippen LogP contribution is 2.19. The van der Waals surface area contributed by atoms with Crippen LogP contribution in [0.15, 0.2) is 23.2 Å².